The topological polar surface area (TPSA) is 88.1 Å². The average Bonchev–Trinajstić information content (AvgIpc) is 2.55. The molecule has 0 aromatic heterocycles. The summed E-state index contributed by atoms with van der Waals surface area (Å²) in [5.74, 6) is -1.49. The van der Waals surface area contributed by atoms with Crippen LogP contribution in [0.3, 0.4) is 0 Å². The number of benzene rings is 1. The van der Waals surface area contributed by atoms with Crippen molar-refractivity contribution in [1.29, 1.82) is 0 Å². The van der Waals surface area contributed by atoms with Crippen LogP contribution in [0.1, 0.15) is 27.2 Å². The van der Waals surface area contributed by atoms with Crippen LogP contribution in [0.2, 0.25) is 0 Å². The van der Waals surface area contributed by atoms with E-state index in [-0.39, 0.29) is 12.0 Å². The fourth-order valence-corrected chi connectivity index (χ4v) is 3.73. The molecule has 1 heterocycles. The molecule has 1 fully saturated rings. The van der Waals surface area contributed by atoms with Crippen molar-refractivity contribution in [1.82, 2.24) is 0 Å². The van der Waals surface area contributed by atoms with Crippen molar-refractivity contribution >= 4 is 29.7 Å². The van der Waals surface area contributed by atoms with Gasteiger partial charge in [0.25, 0.3) is 0 Å². The van der Waals surface area contributed by atoms with Crippen molar-refractivity contribution in [3.05, 3.63) is 30.3 Å². The highest BCUT2D eigenvalue weighted by Crippen LogP contribution is 2.35. The fraction of sp³-hybridized carbons (Fsp3) is 0.500. The lowest BCUT2D eigenvalue weighted by Crippen LogP contribution is -2.53. The second-order valence-corrected chi connectivity index (χ2v) is 7.03. The fourth-order valence-electron chi connectivity index (χ4n) is 2.62. The van der Waals surface area contributed by atoms with Gasteiger partial charge in [0, 0.05) is 32.1 Å². The minimum Gasteiger partial charge on any atom is -0.463 e. The third kappa shape index (κ3) is 6.34. The van der Waals surface area contributed by atoms with Crippen molar-refractivity contribution in [2.75, 3.05) is 6.61 Å². The molecule has 2 rings (SSSR count). The van der Waals surface area contributed by atoms with Crippen LogP contribution >= 0.6 is 11.8 Å². The van der Waals surface area contributed by atoms with Gasteiger partial charge in [-0.15, -0.1) is 0 Å². The number of hydrogen-bond donors (Lipinski definition) is 0. The van der Waals surface area contributed by atoms with Gasteiger partial charge < -0.3 is 18.9 Å². The Kier molecular flexibility index (Phi) is 7.47. The maximum atomic E-state index is 11.5. The van der Waals surface area contributed by atoms with E-state index in [4.69, 9.17) is 18.9 Å². The summed E-state index contributed by atoms with van der Waals surface area (Å²) in [6, 6.07) is 9.61. The molecule has 0 unspecified atom stereocenters. The summed E-state index contributed by atoms with van der Waals surface area (Å²) in [5, 5.41) is 0. The number of rotatable bonds is 6. The maximum Gasteiger partial charge on any atom is 0.303 e. The van der Waals surface area contributed by atoms with E-state index in [1.54, 1.807) is 0 Å². The van der Waals surface area contributed by atoms with Crippen molar-refractivity contribution in [3.8, 4) is 0 Å². The number of carbonyl (C=O) groups excluding carboxylic acids is 3. The molecule has 0 N–H and O–H groups in total. The lowest BCUT2D eigenvalue weighted by Gasteiger charge is -2.39. The molecule has 1 aromatic carbocycles. The van der Waals surface area contributed by atoms with E-state index in [9.17, 15) is 14.4 Å². The molecule has 4 atom stereocenters. The minimum atomic E-state index is -0.844. The van der Waals surface area contributed by atoms with Crippen LogP contribution in [-0.2, 0) is 33.3 Å². The van der Waals surface area contributed by atoms with Crippen LogP contribution in [0, 0.1) is 0 Å². The minimum absolute atomic E-state index is 0.100. The van der Waals surface area contributed by atoms with Gasteiger partial charge in [0.2, 0.25) is 0 Å². The van der Waals surface area contributed by atoms with Crippen LogP contribution in [0.5, 0.6) is 0 Å². The molecular weight excluding hydrogens is 360 g/mol. The van der Waals surface area contributed by atoms with E-state index < -0.39 is 36.2 Å². The maximum absolute atomic E-state index is 11.5. The molecule has 7 nitrogen and oxygen atoms in total. The van der Waals surface area contributed by atoms with Crippen molar-refractivity contribution in [2.45, 2.75) is 55.8 Å². The van der Waals surface area contributed by atoms with Gasteiger partial charge in [-0.25, -0.2) is 0 Å². The van der Waals surface area contributed by atoms with Gasteiger partial charge in [-0.3, -0.25) is 14.4 Å². The van der Waals surface area contributed by atoms with E-state index >= 15 is 0 Å². The lowest BCUT2D eigenvalue weighted by atomic mass is 10.0. The first-order valence-electron chi connectivity index (χ1n) is 8.20. The second kappa shape index (κ2) is 9.59. The van der Waals surface area contributed by atoms with Crippen LogP contribution in [0.25, 0.3) is 0 Å². The van der Waals surface area contributed by atoms with E-state index in [2.05, 4.69) is 0 Å². The van der Waals surface area contributed by atoms with Gasteiger partial charge in [-0.1, -0.05) is 30.0 Å². The van der Waals surface area contributed by atoms with E-state index in [0.717, 1.165) is 4.90 Å². The van der Waals surface area contributed by atoms with Gasteiger partial charge in [0.15, 0.2) is 6.10 Å². The molecule has 26 heavy (non-hydrogen) atoms. The van der Waals surface area contributed by atoms with Crippen LogP contribution in [0.4, 0.5) is 0 Å². The second-order valence-electron chi connectivity index (χ2n) is 5.80. The zero-order chi connectivity index (χ0) is 19.1. The molecule has 1 aliphatic rings. The third-order valence-electron chi connectivity index (χ3n) is 3.57. The molecular formula is C18H22O7S. The highest BCUT2D eigenvalue weighted by atomic mass is 32.2. The number of carbonyl (C=O) groups is 3. The average molecular weight is 382 g/mol. The molecule has 0 bridgehead atoms. The van der Waals surface area contributed by atoms with Crippen LogP contribution < -0.4 is 0 Å². The number of thioether (sulfide) groups is 1. The Bertz CT molecular complexity index is 634. The monoisotopic (exact) mass is 382 g/mol. The zero-order valence-corrected chi connectivity index (χ0v) is 15.7. The largest absolute Gasteiger partial charge is 0.463 e. The summed E-state index contributed by atoms with van der Waals surface area (Å²) >= 11 is 1.46. The Morgan fingerprint density at radius 1 is 1.04 bits per heavy atom. The number of hydrogen-bond acceptors (Lipinski definition) is 8. The van der Waals surface area contributed by atoms with Gasteiger partial charge in [-0.05, 0) is 12.1 Å². The highest BCUT2D eigenvalue weighted by Gasteiger charge is 2.43. The molecule has 0 saturated carbocycles. The normalized spacial score (nSPS) is 25.2. The van der Waals surface area contributed by atoms with Crippen molar-refractivity contribution in [2.24, 2.45) is 0 Å². The Hall–Kier alpha value is -2.06. The molecule has 142 valence electrons. The van der Waals surface area contributed by atoms with Gasteiger partial charge in [0.1, 0.15) is 24.3 Å². The van der Waals surface area contributed by atoms with E-state index in [0.29, 0.717) is 6.42 Å². The SMILES string of the molecule is CC(=O)OC[C@H]1O[C@@H](Sc2ccccc2)C[C@H](OC(C)=O)[C@@H]1OC(C)=O. The van der Waals surface area contributed by atoms with Crippen molar-refractivity contribution in [3.63, 3.8) is 0 Å². The number of esters is 3. The predicted octanol–water partition coefficient (Wildman–Crippen LogP) is 2.32. The number of ether oxygens (including phenoxy) is 4. The molecule has 1 saturated heterocycles. The first-order chi connectivity index (χ1) is 12.3. The molecule has 0 amide bonds. The molecule has 1 aromatic rings. The predicted molar refractivity (Wildman–Crippen MR) is 93.3 cm³/mol. The smallest absolute Gasteiger partial charge is 0.303 e. The van der Waals surface area contributed by atoms with Gasteiger partial charge >= 0.3 is 17.9 Å². The van der Waals surface area contributed by atoms with Crippen molar-refractivity contribution < 1.29 is 33.3 Å². The Morgan fingerprint density at radius 3 is 2.27 bits per heavy atom. The van der Waals surface area contributed by atoms with Crippen LogP contribution in [0.15, 0.2) is 35.2 Å². The molecule has 8 heteroatoms. The highest BCUT2D eigenvalue weighted by molar-refractivity contribution is 7.99. The summed E-state index contributed by atoms with van der Waals surface area (Å²) < 4.78 is 21.7. The Labute approximate surface area is 156 Å². The van der Waals surface area contributed by atoms with E-state index in [1.165, 1.54) is 32.5 Å². The van der Waals surface area contributed by atoms with Gasteiger partial charge in [0.05, 0.1) is 0 Å². The van der Waals surface area contributed by atoms with Crippen LogP contribution in [-0.4, -0.2) is 48.3 Å². The molecule has 0 radical (unpaired) electrons. The Morgan fingerprint density at radius 2 is 1.69 bits per heavy atom. The van der Waals surface area contributed by atoms with Gasteiger partial charge in [-0.2, -0.15) is 0 Å². The summed E-state index contributed by atoms with van der Waals surface area (Å²) in [7, 11) is 0. The first-order valence-corrected chi connectivity index (χ1v) is 9.08. The van der Waals surface area contributed by atoms with E-state index in [1.807, 2.05) is 30.3 Å². The lowest BCUT2D eigenvalue weighted by molar-refractivity contribution is -0.204. The quantitative estimate of drug-likeness (QED) is 0.547. The summed E-state index contributed by atoms with van der Waals surface area (Å²) in [5.41, 5.74) is -0.353. The Balaban J connectivity index is 2.18. The standard InChI is InChI=1S/C18H22O7S/c1-11(19)22-10-16-18(24-13(3)21)15(23-12(2)20)9-17(25-16)26-14-7-5-4-6-8-14/h4-8,15-18H,9-10H2,1-3H3/t15-,16+,17-,18-/m0/s1. The molecule has 1 aliphatic heterocycles. The molecule has 0 spiro atoms. The summed E-state index contributed by atoms with van der Waals surface area (Å²) in [6.45, 7) is 3.74. The summed E-state index contributed by atoms with van der Waals surface area (Å²) in [6.07, 6.45) is -1.93. The summed E-state index contributed by atoms with van der Waals surface area (Å²) in [4.78, 5) is 35.1. The first kappa shape index (κ1) is 20.3. The zero-order valence-electron chi connectivity index (χ0n) is 14.9. The molecule has 0 aliphatic carbocycles. The third-order valence-corrected chi connectivity index (χ3v) is 4.68.